The van der Waals surface area contributed by atoms with Crippen LogP contribution in [0.2, 0.25) is 0 Å². The lowest BCUT2D eigenvalue weighted by atomic mass is 10.0. The summed E-state index contributed by atoms with van der Waals surface area (Å²) in [7, 11) is 0. The van der Waals surface area contributed by atoms with E-state index in [-0.39, 0.29) is 24.3 Å². The minimum Gasteiger partial charge on any atom is -0.508 e. The summed E-state index contributed by atoms with van der Waals surface area (Å²) in [5, 5.41) is 26.7. The molecular weight excluding hydrogens is 506 g/mol. The van der Waals surface area contributed by atoms with Crippen molar-refractivity contribution in [3.63, 3.8) is 0 Å². The second kappa shape index (κ2) is 17.1. The number of aliphatic carboxylic acids is 1. The molecule has 0 bridgehead atoms. The van der Waals surface area contributed by atoms with Crippen LogP contribution in [0, 0.1) is 0 Å². The largest absolute Gasteiger partial charge is 0.508 e. The fourth-order valence-corrected chi connectivity index (χ4v) is 3.97. The monoisotopic (exact) mass is 543 g/mol. The van der Waals surface area contributed by atoms with E-state index in [4.69, 9.17) is 11.5 Å². The fraction of sp³-hybridized carbons (Fsp3) is 0.565. The van der Waals surface area contributed by atoms with Crippen molar-refractivity contribution in [2.75, 3.05) is 24.3 Å². The van der Waals surface area contributed by atoms with E-state index >= 15 is 0 Å². The summed E-state index contributed by atoms with van der Waals surface area (Å²) < 4.78 is 0. The number of rotatable bonds is 17. The van der Waals surface area contributed by atoms with Gasteiger partial charge in [0.25, 0.3) is 0 Å². The molecule has 1 aromatic rings. The molecule has 0 heterocycles. The van der Waals surface area contributed by atoms with E-state index < -0.39 is 47.9 Å². The molecular formula is C23H37N5O6S2. The molecule has 3 amide bonds. The number of phenolic OH excluding ortho intramolecular Hbond substituents is 1. The van der Waals surface area contributed by atoms with Gasteiger partial charge in [0.1, 0.15) is 23.9 Å². The van der Waals surface area contributed by atoms with Gasteiger partial charge in [-0.2, -0.15) is 24.4 Å². The lowest BCUT2D eigenvalue weighted by Gasteiger charge is -2.24. The van der Waals surface area contributed by atoms with E-state index in [1.165, 1.54) is 12.1 Å². The van der Waals surface area contributed by atoms with Gasteiger partial charge in [0, 0.05) is 12.2 Å². The molecule has 0 spiro atoms. The zero-order valence-corrected chi connectivity index (χ0v) is 22.0. The maximum absolute atomic E-state index is 13.0. The Bertz CT molecular complexity index is 858. The Labute approximate surface area is 220 Å². The minimum absolute atomic E-state index is 0.0198. The summed E-state index contributed by atoms with van der Waals surface area (Å²) >= 11 is 5.69. The van der Waals surface area contributed by atoms with E-state index in [0.717, 1.165) is 0 Å². The molecule has 0 saturated heterocycles. The van der Waals surface area contributed by atoms with Crippen LogP contribution >= 0.6 is 24.4 Å². The van der Waals surface area contributed by atoms with Gasteiger partial charge in [-0.15, -0.1) is 0 Å². The van der Waals surface area contributed by atoms with Gasteiger partial charge >= 0.3 is 5.97 Å². The fourth-order valence-electron chi connectivity index (χ4n) is 3.22. The molecule has 4 unspecified atom stereocenters. The molecule has 0 radical (unpaired) electrons. The average Bonchev–Trinajstić information content (AvgIpc) is 2.85. The number of hydrogen-bond acceptors (Lipinski definition) is 9. The number of carboxylic acids is 1. The molecule has 0 aromatic heterocycles. The summed E-state index contributed by atoms with van der Waals surface area (Å²) in [5.41, 5.74) is 12.0. The third-order valence-corrected chi connectivity index (χ3v) is 6.37. The predicted octanol–water partition coefficient (Wildman–Crippen LogP) is -0.387. The third kappa shape index (κ3) is 11.5. The second-order valence-corrected chi connectivity index (χ2v) is 9.60. The molecule has 13 heteroatoms. The van der Waals surface area contributed by atoms with Gasteiger partial charge < -0.3 is 37.6 Å². The Balaban J connectivity index is 2.90. The molecule has 9 N–H and O–H groups in total. The Morgan fingerprint density at radius 3 is 2.08 bits per heavy atom. The van der Waals surface area contributed by atoms with Crippen LogP contribution in [0.25, 0.3) is 0 Å². The van der Waals surface area contributed by atoms with E-state index in [1.54, 1.807) is 23.9 Å². The normalized spacial score (nSPS) is 14.2. The number of thioether (sulfide) groups is 1. The van der Waals surface area contributed by atoms with Crippen LogP contribution in [0.3, 0.4) is 0 Å². The van der Waals surface area contributed by atoms with Gasteiger partial charge in [-0.05, 0) is 61.9 Å². The third-order valence-electron chi connectivity index (χ3n) is 5.36. The maximum atomic E-state index is 13.0. The molecule has 4 atom stereocenters. The predicted molar refractivity (Wildman–Crippen MR) is 143 cm³/mol. The highest BCUT2D eigenvalue weighted by Crippen LogP contribution is 2.12. The van der Waals surface area contributed by atoms with E-state index in [1.807, 2.05) is 6.26 Å². The van der Waals surface area contributed by atoms with Crippen molar-refractivity contribution < 1.29 is 29.4 Å². The zero-order valence-electron chi connectivity index (χ0n) is 20.3. The van der Waals surface area contributed by atoms with Gasteiger partial charge in [0.2, 0.25) is 17.7 Å². The van der Waals surface area contributed by atoms with Crippen molar-refractivity contribution in [3.8, 4) is 5.75 Å². The smallest absolute Gasteiger partial charge is 0.326 e. The quantitative estimate of drug-likeness (QED) is 0.0953. The molecule has 0 aliphatic heterocycles. The summed E-state index contributed by atoms with van der Waals surface area (Å²) in [4.78, 5) is 50.0. The molecule has 1 rings (SSSR count). The molecule has 202 valence electrons. The number of nitrogens with one attached hydrogen (secondary N) is 3. The summed E-state index contributed by atoms with van der Waals surface area (Å²) in [6, 6.07) is 1.84. The number of nitrogens with two attached hydrogens (primary N) is 2. The lowest BCUT2D eigenvalue weighted by molar-refractivity contribution is -0.142. The molecule has 1 aromatic carbocycles. The van der Waals surface area contributed by atoms with Crippen LogP contribution in [-0.2, 0) is 25.6 Å². The highest BCUT2D eigenvalue weighted by atomic mass is 32.2. The first-order valence-corrected chi connectivity index (χ1v) is 13.6. The van der Waals surface area contributed by atoms with Crippen LogP contribution in [0.15, 0.2) is 24.3 Å². The summed E-state index contributed by atoms with van der Waals surface area (Å²) in [6.45, 7) is 0.393. The standard InChI is InChI=1S/C23H37N5O6S2/c1-36-11-9-16(25)20(30)28-19(13-35)22(32)26-17(4-2-3-10-24)21(31)27-18(23(33)34)12-14-5-7-15(29)8-6-14/h5-8,16-19,29,35H,2-4,9-13,24-25H2,1H3,(H,26,32)(H,27,31)(H,28,30)(H,33,34). The Kier molecular flexibility index (Phi) is 14.9. The number of carbonyl (C=O) groups is 4. The maximum Gasteiger partial charge on any atom is 0.326 e. The van der Waals surface area contributed by atoms with Crippen molar-refractivity contribution in [1.82, 2.24) is 16.0 Å². The van der Waals surface area contributed by atoms with Gasteiger partial charge in [-0.3, -0.25) is 14.4 Å². The van der Waals surface area contributed by atoms with Gasteiger partial charge in [-0.1, -0.05) is 12.1 Å². The highest BCUT2D eigenvalue weighted by Gasteiger charge is 2.29. The topological polar surface area (TPSA) is 197 Å². The zero-order chi connectivity index (χ0) is 27.1. The van der Waals surface area contributed by atoms with E-state index in [2.05, 4.69) is 28.6 Å². The van der Waals surface area contributed by atoms with Crippen LogP contribution in [-0.4, -0.2) is 82.4 Å². The van der Waals surface area contributed by atoms with E-state index in [9.17, 15) is 29.4 Å². The van der Waals surface area contributed by atoms with Crippen LogP contribution < -0.4 is 27.4 Å². The number of carboxylic acid groups (broad SMARTS) is 1. The minimum atomic E-state index is -1.26. The number of aromatic hydroxyl groups is 1. The van der Waals surface area contributed by atoms with Crippen molar-refractivity contribution in [3.05, 3.63) is 29.8 Å². The van der Waals surface area contributed by atoms with Crippen molar-refractivity contribution in [2.45, 2.75) is 56.3 Å². The molecule has 0 aliphatic carbocycles. The summed E-state index contributed by atoms with van der Waals surface area (Å²) in [6.07, 6.45) is 3.66. The second-order valence-electron chi connectivity index (χ2n) is 8.25. The Morgan fingerprint density at radius 1 is 0.944 bits per heavy atom. The highest BCUT2D eigenvalue weighted by molar-refractivity contribution is 7.98. The molecule has 0 aliphatic rings. The molecule has 0 saturated carbocycles. The van der Waals surface area contributed by atoms with E-state index in [0.29, 0.717) is 37.1 Å². The van der Waals surface area contributed by atoms with Crippen LogP contribution in [0.1, 0.15) is 31.2 Å². The number of thiol groups is 1. The van der Waals surface area contributed by atoms with Crippen molar-refractivity contribution in [1.29, 1.82) is 0 Å². The first-order chi connectivity index (χ1) is 17.1. The number of hydrogen-bond donors (Lipinski definition) is 8. The first-order valence-electron chi connectivity index (χ1n) is 11.6. The van der Waals surface area contributed by atoms with Crippen molar-refractivity contribution >= 4 is 48.1 Å². The van der Waals surface area contributed by atoms with Gasteiger partial charge in [0.05, 0.1) is 6.04 Å². The average molecular weight is 544 g/mol. The lowest BCUT2D eigenvalue weighted by Crippen LogP contribution is -2.57. The van der Waals surface area contributed by atoms with Crippen molar-refractivity contribution in [2.24, 2.45) is 11.5 Å². The number of amides is 3. The molecule has 36 heavy (non-hydrogen) atoms. The Hall–Kier alpha value is -2.48. The summed E-state index contributed by atoms with van der Waals surface area (Å²) in [5.74, 6) is -2.35. The number of phenols is 1. The first kappa shape index (κ1) is 31.5. The SMILES string of the molecule is CSCCC(N)C(=O)NC(CS)C(=O)NC(CCCCN)C(=O)NC(Cc1ccc(O)cc1)C(=O)O. The number of carbonyl (C=O) groups excluding carboxylic acids is 3. The van der Waals surface area contributed by atoms with Gasteiger partial charge in [0.15, 0.2) is 0 Å². The van der Waals surface area contributed by atoms with Crippen LogP contribution in [0.4, 0.5) is 0 Å². The number of benzene rings is 1. The van der Waals surface area contributed by atoms with Gasteiger partial charge in [-0.25, -0.2) is 4.79 Å². The molecule has 11 nitrogen and oxygen atoms in total. The Morgan fingerprint density at radius 2 is 1.53 bits per heavy atom. The number of unbranched alkanes of at least 4 members (excludes halogenated alkanes) is 1. The molecule has 0 fully saturated rings. The van der Waals surface area contributed by atoms with Crippen LogP contribution in [0.5, 0.6) is 5.75 Å².